The van der Waals surface area contributed by atoms with Gasteiger partial charge in [-0.25, -0.2) is 0 Å². The highest BCUT2D eigenvalue weighted by Gasteiger charge is 2.08. The molecule has 0 amide bonds. The molecule has 0 atom stereocenters. The van der Waals surface area contributed by atoms with Crippen LogP contribution in [0.3, 0.4) is 0 Å². The highest BCUT2D eigenvalue weighted by Crippen LogP contribution is 2.31. The van der Waals surface area contributed by atoms with E-state index in [0.717, 1.165) is 32.6 Å². The van der Waals surface area contributed by atoms with Crippen molar-refractivity contribution in [3.05, 3.63) is 44.1 Å². The molecule has 0 aliphatic heterocycles. The Labute approximate surface area is 117 Å². The number of hydrogen-bond acceptors (Lipinski definition) is 2. The number of benzene rings is 1. The largest absolute Gasteiger partial charge is 0.379 e. The van der Waals surface area contributed by atoms with E-state index in [2.05, 4.69) is 47.4 Å². The fourth-order valence-corrected chi connectivity index (χ4v) is 2.96. The highest BCUT2D eigenvalue weighted by molar-refractivity contribution is 9.11. The number of nitrogens with one attached hydrogen (secondary N) is 2. The monoisotopic (exact) mass is 357 g/mol. The maximum atomic E-state index is 4.18. The van der Waals surface area contributed by atoms with Crippen molar-refractivity contribution in [2.45, 2.75) is 20.4 Å². The molecular weight excluding hydrogens is 346 g/mol. The van der Waals surface area contributed by atoms with Crippen molar-refractivity contribution >= 4 is 37.5 Å². The second-order valence-electron chi connectivity index (χ2n) is 3.86. The van der Waals surface area contributed by atoms with Crippen LogP contribution in [-0.2, 0) is 6.54 Å². The van der Waals surface area contributed by atoms with Crippen molar-refractivity contribution in [1.29, 1.82) is 0 Å². The van der Waals surface area contributed by atoms with Gasteiger partial charge in [0.2, 0.25) is 0 Å². The molecule has 17 heavy (non-hydrogen) atoms. The predicted molar refractivity (Wildman–Crippen MR) is 77.2 cm³/mol. The first-order chi connectivity index (χ1) is 8.09. The lowest BCUT2D eigenvalue weighted by atomic mass is 10.2. The van der Waals surface area contributed by atoms with Gasteiger partial charge in [-0.3, -0.25) is 5.10 Å². The molecule has 0 fully saturated rings. The summed E-state index contributed by atoms with van der Waals surface area (Å²) >= 11 is 7.06. The lowest BCUT2D eigenvalue weighted by Gasteiger charge is -2.10. The summed E-state index contributed by atoms with van der Waals surface area (Å²) in [6, 6.07) is 6.03. The van der Waals surface area contributed by atoms with Gasteiger partial charge in [-0.1, -0.05) is 6.07 Å². The second kappa shape index (κ2) is 5.23. The van der Waals surface area contributed by atoms with Gasteiger partial charge in [-0.2, -0.15) is 5.10 Å². The van der Waals surface area contributed by atoms with Crippen LogP contribution in [0.5, 0.6) is 0 Å². The van der Waals surface area contributed by atoms with Crippen LogP contribution in [0.25, 0.3) is 0 Å². The molecule has 0 bridgehead atoms. The molecule has 2 aromatic rings. The van der Waals surface area contributed by atoms with E-state index < -0.39 is 0 Å². The number of aromatic amines is 1. The summed E-state index contributed by atoms with van der Waals surface area (Å²) in [6.45, 7) is 4.80. The zero-order valence-electron chi connectivity index (χ0n) is 9.64. The summed E-state index contributed by atoms with van der Waals surface area (Å²) in [5, 5.41) is 10.6. The molecule has 1 heterocycles. The molecule has 5 heteroatoms. The third kappa shape index (κ3) is 2.72. The van der Waals surface area contributed by atoms with E-state index >= 15 is 0 Å². The van der Waals surface area contributed by atoms with Gasteiger partial charge in [0.1, 0.15) is 0 Å². The van der Waals surface area contributed by atoms with E-state index in [1.54, 1.807) is 0 Å². The van der Waals surface area contributed by atoms with Gasteiger partial charge < -0.3 is 5.32 Å². The Morgan fingerprint density at radius 3 is 2.41 bits per heavy atom. The first-order valence-corrected chi connectivity index (χ1v) is 6.86. The minimum atomic E-state index is 0.759. The van der Waals surface area contributed by atoms with Gasteiger partial charge in [0.05, 0.1) is 11.4 Å². The number of H-pyrrole nitrogens is 1. The Kier molecular flexibility index (Phi) is 3.89. The molecule has 0 aliphatic carbocycles. The summed E-state index contributed by atoms with van der Waals surface area (Å²) in [6.07, 6.45) is 0. The smallest absolute Gasteiger partial charge is 0.0643 e. The van der Waals surface area contributed by atoms with E-state index in [4.69, 9.17) is 0 Å². The zero-order chi connectivity index (χ0) is 12.4. The van der Waals surface area contributed by atoms with E-state index in [0.29, 0.717) is 0 Å². The Bertz CT molecular complexity index is 495. The maximum Gasteiger partial charge on any atom is 0.0643 e. The molecule has 0 saturated carbocycles. The van der Waals surface area contributed by atoms with E-state index in [1.165, 1.54) is 5.56 Å². The summed E-state index contributed by atoms with van der Waals surface area (Å²) in [5.41, 5.74) is 4.43. The molecule has 0 spiro atoms. The van der Waals surface area contributed by atoms with Crippen LogP contribution >= 0.6 is 31.9 Å². The average Bonchev–Trinajstić information content (AvgIpc) is 2.59. The number of anilines is 1. The summed E-state index contributed by atoms with van der Waals surface area (Å²) in [7, 11) is 0. The zero-order valence-corrected chi connectivity index (χ0v) is 12.8. The van der Waals surface area contributed by atoms with E-state index in [9.17, 15) is 0 Å². The third-order valence-corrected chi connectivity index (χ3v) is 4.01. The lowest BCUT2D eigenvalue weighted by Crippen LogP contribution is -2.02. The molecular formula is C12H13Br2N3. The topological polar surface area (TPSA) is 40.7 Å². The summed E-state index contributed by atoms with van der Waals surface area (Å²) in [5.74, 6) is 0. The van der Waals surface area contributed by atoms with E-state index in [-0.39, 0.29) is 0 Å². The fraction of sp³-hybridized carbons (Fsp3) is 0.250. The minimum absolute atomic E-state index is 0.759. The molecule has 0 aliphatic rings. The average molecular weight is 359 g/mol. The number of rotatable bonds is 3. The van der Waals surface area contributed by atoms with Crippen molar-refractivity contribution in [3.8, 4) is 0 Å². The van der Waals surface area contributed by atoms with Gasteiger partial charge in [-0.15, -0.1) is 0 Å². The van der Waals surface area contributed by atoms with Gasteiger partial charge in [0.15, 0.2) is 0 Å². The van der Waals surface area contributed by atoms with Gasteiger partial charge in [0, 0.05) is 26.7 Å². The van der Waals surface area contributed by atoms with Crippen molar-refractivity contribution in [1.82, 2.24) is 10.2 Å². The Morgan fingerprint density at radius 2 is 1.88 bits per heavy atom. The second-order valence-corrected chi connectivity index (χ2v) is 5.57. The Balaban J connectivity index is 2.18. The number of halogens is 2. The number of hydrogen-bond donors (Lipinski definition) is 2. The number of nitrogens with zero attached hydrogens (tertiary/aromatic N) is 1. The molecule has 90 valence electrons. The molecule has 1 aromatic carbocycles. The van der Waals surface area contributed by atoms with Crippen LogP contribution in [0.15, 0.2) is 27.1 Å². The van der Waals surface area contributed by atoms with Gasteiger partial charge in [-0.05, 0) is 57.8 Å². The fourth-order valence-electron chi connectivity index (χ4n) is 1.68. The molecule has 0 saturated heterocycles. The Morgan fingerprint density at radius 1 is 1.24 bits per heavy atom. The molecule has 0 unspecified atom stereocenters. The van der Waals surface area contributed by atoms with Crippen LogP contribution in [-0.4, -0.2) is 10.2 Å². The summed E-state index contributed by atoms with van der Waals surface area (Å²) in [4.78, 5) is 0. The van der Waals surface area contributed by atoms with Crippen molar-refractivity contribution < 1.29 is 0 Å². The van der Waals surface area contributed by atoms with Crippen LogP contribution in [0.4, 0.5) is 5.69 Å². The highest BCUT2D eigenvalue weighted by atomic mass is 79.9. The summed E-state index contributed by atoms with van der Waals surface area (Å²) < 4.78 is 2.09. The van der Waals surface area contributed by atoms with Crippen molar-refractivity contribution in [3.63, 3.8) is 0 Å². The number of aromatic nitrogens is 2. The minimum Gasteiger partial charge on any atom is -0.379 e. The van der Waals surface area contributed by atoms with Crippen LogP contribution in [0.1, 0.15) is 17.0 Å². The van der Waals surface area contributed by atoms with Crippen LogP contribution in [0, 0.1) is 13.8 Å². The first-order valence-electron chi connectivity index (χ1n) is 5.28. The molecule has 1 aromatic heterocycles. The van der Waals surface area contributed by atoms with Crippen molar-refractivity contribution in [2.75, 3.05) is 5.32 Å². The third-order valence-electron chi connectivity index (χ3n) is 2.69. The van der Waals surface area contributed by atoms with Crippen LogP contribution < -0.4 is 5.32 Å². The normalized spacial score (nSPS) is 10.6. The number of para-hydroxylation sites is 1. The SMILES string of the molecule is Cc1n[nH]c(C)c1CNc1c(Br)cccc1Br. The van der Waals surface area contributed by atoms with Gasteiger partial charge >= 0.3 is 0 Å². The molecule has 2 N–H and O–H groups in total. The predicted octanol–water partition coefficient (Wildman–Crippen LogP) is 4.16. The Hall–Kier alpha value is -0.810. The standard InChI is InChI=1S/C12H13Br2N3/c1-7-9(8(2)17-16-7)6-15-12-10(13)4-3-5-11(12)14/h3-5,15H,6H2,1-2H3,(H,16,17). The first kappa shape index (κ1) is 12.6. The van der Waals surface area contributed by atoms with E-state index in [1.807, 2.05) is 32.0 Å². The maximum absolute atomic E-state index is 4.18. The molecule has 2 rings (SSSR count). The molecule has 0 radical (unpaired) electrons. The van der Waals surface area contributed by atoms with Crippen molar-refractivity contribution in [2.24, 2.45) is 0 Å². The lowest BCUT2D eigenvalue weighted by molar-refractivity contribution is 1.02. The van der Waals surface area contributed by atoms with Gasteiger partial charge in [0.25, 0.3) is 0 Å². The van der Waals surface area contributed by atoms with Crippen LogP contribution in [0.2, 0.25) is 0 Å². The quantitative estimate of drug-likeness (QED) is 0.864. The number of aryl methyl sites for hydroxylation is 2. The molecule has 3 nitrogen and oxygen atoms in total.